The smallest absolute Gasteiger partial charge is 0.305 e. The third-order valence-electron chi connectivity index (χ3n) is 5.05. The fraction of sp³-hybridized carbons (Fsp3) is 0.714. The zero-order chi connectivity index (χ0) is 20.0. The number of nitrogens with one attached hydrogen (secondary N) is 2. The number of rotatable bonds is 12. The predicted molar refractivity (Wildman–Crippen MR) is 117 cm³/mol. The molecule has 158 valence electrons. The first-order chi connectivity index (χ1) is 13.7. The molecule has 1 aromatic heterocycles. The summed E-state index contributed by atoms with van der Waals surface area (Å²) >= 11 is 1.83. The molecule has 2 rings (SSSR count). The summed E-state index contributed by atoms with van der Waals surface area (Å²) in [5.41, 5.74) is 0. The van der Waals surface area contributed by atoms with Gasteiger partial charge in [0, 0.05) is 24.4 Å². The molecule has 7 heteroatoms. The van der Waals surface area contributed by atoms with Crippen LogP contribution in [0.5, 0.6) is 0 Å². The van der Waals surface area contributed by atoms with Gasteiger partial charge in [0.1, 0.15) is 0 Å². The Morgan fingerprint density at radius 3 is 2.71 bits per heavy atom. The molecule has 0 bridgehead atoms. The minimum Gasteiger partial charge on any atom is -0.469 e. The van der Waals surface area contributed by atoms with Crippen LogP contribution < -0.4 is 10.6 Å². The number of hydrogen-bond acceptors (Lipinski definition) is 5. The molecule has 1 atom stereocenters. The number of methoxy groups -OCH3 is 1. The molecular formula is C21H36N4O2S. The molecule has 1 aliphatic rings. The van der Waals surface area contributed by atoms with Gasteiger partial charge in [-0.15, -0.1) is 11.3 Å². The maximum absolute atomic E-state index is 11.1. The maximum Gasteiger partial charge on any atom is 0.305 e. The summed E-state index contributed by atoms with van der Waals surface area (Å²) in [5, 5.41) is 8.97. The molecule has 0 aliphatic carbocycles. The Morgan fingerprint density at radius 1 is 1.25 bits per heavy atom. The summed E-state index contributed by atoms with van der Waals surface area (Å²) in [6.45, 7) is 6.99. The quantitative estimate of drug-likeness (QED) is 0.240. The lowest BCUT2D eigenvalue weighted by Gasteiger charge is -2.25. The van der Waals surface area contributed by atoms with E-state index in [1.54, 1.807) is 0 Å². The van der Waals surface area contributed by atoms with Gasteiger partial charge in [-0.1, -0.05) is 18.9 Å². The fourth-order valence-electron chi connectivity index (χ4n) is 3.50. The number of unbranched alkanes of at least 4 members (excludes halogenated alkanes) is 3. The number of nitrogens with zero attached hydrogens (tertiary/aromatic N) is 2. The molecule has 28 heavy (non-hydrogen) atoms. The van der Waals surface area contributed by atoms with Crippen LogP contribution in [0, 0.1) is 0 Å². The molecule has 0 amide bonds. The molecule has 0 spiro atoms. The minimum absolute atomic E-state index is 0.113. The monoisotopic (exact) mass is 408 g/mol. The second-order valence-corrected chi connectivity index (χ2v) is 8.14. The van der Waals surface area contributed by atoms with Gasteiger partial charge < -0.3 is 15.4 Å². The first-order valence-electron chi connectivity index (χ1n) is 10.6. The number of esters is 1. The second kappa shape index (κ2) is 13.6. The van der Waals surface area contributed by atoms with Gasteiger partial charge in [0.2, 0.25) is 0 Å². The van der Waals surface area contributed by atoms with E-state index in [4.69, 9.17) is 4.99 Å². The lowest BCUT2D eigenvalue weighted by atomic mass is 10.1. The van der Waals surface area contributed by atoms with Gasteiger partial charge in [-0.05, 0) is 57.1 Å². The normalized spacial score (nSPS) is 16.1. The molecule has 1 aromatic rings. The van der Waals surface area contributed by atoms with Crippen molar-refractivity contribution in [2.45, 2.75) is 57.9 Å². The first kappa shape index (κ1) is 22.7. The molecule has 0 radical (unpaired) electrons. The van der Waals surface area contributed by atoms with Crippen LogP contribution in [0.3, 0.4) is 0 Å². The highest BCUT2D eigenvalue weighted by Gasteiger charge is 2.24. The second-order valence-electron chi connectivity index (χ2n) is 7.16. The van der Waals surface area contributed by atoms with Crippen molar-refractivity contribution in [3.8, 4) is 0 Å². The van der Waals surface area contributed by atoms with E-state index >= 15 is 0 Å². The highest BCUT2D eigenvalue weighted by molar-refractivity contribution is 7.10. The van der Waals surface area contributed by atoms with Crippen molar-refractivity contribution in [1.82, 2.24) is 15.5 Å². The van der Waals surface area contributed by atoms with Crippen LogP contribution in [0.15, 0.2) is 22.5 Å². The Balaban J connectivity index is 1.76. The van der Waals surface area contributed by atoms with Crippen LogP contribution >= 0.6 is 11.3 Å². The van der Waals surface area contributed by atoms with Crippen LogP contribution in [-0.2, 0) is 9.53 Å². The van der Waals surface area contributed by atoms with Gasteiger partial charge in [-0.2, -0.15) is 0 Å². The molecule has 1 saturated heterocycles. The van der Waals surface area contributed by atoms with Crippen molar-refractivity contribution >= 4 is 23.3 Å². The van der Waals surface area contributed by atoms with Gasteiger partial charge in [-0.3, -0.25) is 14.7 Å². The first-order valence-corrected chi connectivity index (χ1v) is 11.5. The Kier molecular flexibility index (Phi) is 11.0. The van der Waals surface area contributed by atoms with E-state index in [2.05, 4.69) is 44.7 Å². The van der Waals surface area contributed by atoms with E-state index in [0.717, 1.165) is 51.3 Å². The molecule has 1 aliphatic heterocycles. The maximum atomic E-state index is 11.1. The Labute approximate surface area is 173 Å². The fourth-order valence-corrected chi connectivity index (χ4v) is 4.35. The molecular weight excluding hydrogens is 372 g/mol. The third kappa shape index (κ3) is 8.19. The Hall–Kier alpha value is -1.60. The number of aliphatic imine (C=N–C) groups is 1. The lowest BCUT2D eigenvalue weighted by molar-refractivity contribution is -0.140. The summed E-state index contributed by atoms with van der Waals surface area (Å²) < 4.78 is 4.67. The topological polar surface area (TPSA) is 66.0 Å². The molecule has 2 N–H and O–H groups in total. The third-order valence-corrected chi connectivity index (χ3v) is 6.02. The van der Waals surface area contributed by atoms with E-state index in [9.17, 15) is 4.79 Å². The number of likely N-dealkylation sites (tertiary alicyclic amines) is 1. The molecule has 6 nitrogen and oxygen atoms in total. The number of carbonyl (C=O) groups is 1. The van der Waals surface area contributed by atoms with Crippen molar-refractivity contribution in [2.24, 2.45) is 4.99 Å². The zero-order valence-corrected chi connectivity index (χ0v) is 18.2. The van der Waals surface area contributed by atoms with Crippen molar-refractivity contribution in [3.05, 3.63) is 22.4 Å². The van der Waals surface area contributed by atoms with E-state index in [1.165, 1.54) is 37.9 Å². The van der Waals surface area contributed by atoms with Crippen LogP contribution in [0.4, 0.5) is 0 Å². The number of hydrogen-bond donors (Lipinski definition) is 2. The molecule has 1 fully saturated rings. The standard InChI is InChI=1S/C21H36N4O2S/c1-3-22-21(23-13-7-5-4-6-12-20(26)27-2)24-17-18(19-11-10-16-28-19)25-14-8-9-15-25/h10-11,16,18H,3-9,12-15,17H2,1-2H3,(H2,22,23,24). The predicted octanol–water partition coefficient (Wildman–Crippen LogP) is 3.56. The SMILES string of the molecule is CCNC(=NCC(c1cccs1)N1CCCC1)NCCCCCCC(=O)OC. The van der Waals surface area contributed by atoms with Crippen LogP contribution in [0.25, 0.3) is 0 Å². The summed E-state index contributed by atoms with van der Waals surface area (Å²) in [7, 11) is 1.45. The van der Waals surface area contributed by atoms with Gasteiger partial charge in [0.15, 0.2) is 5.96 Å². The zero-order valence-electron chi connectivity index (χ0n) is 17.4. The summed E-state index contributed by atoms with van der Waals surface area (Å²) in [6.07, 6.45) is 7.24. The van der Waals surface area contributed by atoms with E-state index < -0.39 is 0 Å². The Bertz CT molecular complexity index is 571. The summed E-state index contributed by atoms with van der Waals surface area (Å²) in [4.78, 5) is 20.0. The van der Waals surface area contributed by atoms with Crippen LogP contribution in [-0.4, -0.2) is 56.7 Å². The highest BCUT2D eigenvalue weighted by atomic mass is 32.1. The molecule has 0 aromatic carbocycles. The van der Waals surface area contributed by atoms with Crippen LogP contribution in [0.1, 0.15) is 62.8 Å². The average molecular weight is 409 g/mol. The highest BCUT2D eigenvalue weighted by Crippen LogP contribution is 2.28. The van der Waals surface area contributed by atoms with Crippen LogP contribution in [0.2, 0.25) is 0 Å². The van der Waals surface area contributed by atoms with Gasteiger partial charge in [0.25, 0.3) is 0 Å². The van der Waals surface area contributed by atoms with Crippen molar-refractivity contribution in [1.29, 1.82) is 0 Å². The molecule has 1 unspecified atom stereocenters. The minimum atomic E-state index is -0.113. The van der Waals surface area contributed by atoms with Crippen molar-refractivity contribution in [2.75, 3.05) is 39.8 Å². The van der Waals surface area contributed by atoms with Gasteiger partial charge in [-0.25, -0.2) is 0 Å². The Morgan fingerprint density at radius 2 is 2.04 bits per heavy atom. The number of ether oxygens (including phenoxy) is 1. The number of carbonyl (C=O) groups excluding carboxylic acids is 1. The molecule has 0 saturated carbocycles. The molecule has 2 heterocycles. The van der Waals surface area contributed by atoms with Crippen molar-refractivity contribution < 1.29 is 9.53 Å². The lowest BCUT2D eigenvalue weighted by Crippen LogP contribution is -2.38. The van der Waals surface area contributed by atoms with Gasteiger partial charge in [0.05, 0.1) is 19.7 Å². The summed E-state index contributed by atoms with van der Waals surface area (Å²) in [5.74, 6) is 0.788. The average Bonchev–Trinajstić information content (AvgIpc) is 3.41. The van der Waals surface area contributed by atoms with E-state index in [0.29, 0.717) is 12.5 Å². The number of thiophene rings is 1. The summed E-state index contributed by atoms with van der Waals surface area (Å²) in [6, 6.07) is 4.75. The largest absolute Gasteiger partial charge is 0.469 e. The number of guanidine groups is 1. The van der Waals surface area contributed by atoms with E-state index in [1.807, 2.05) is 11.3 Å². The van der Waals surface area contributed by atoms with Crippen molar-refractivity contribution in [3.63, 3.8) is 0 Å². The van der Waals surface area contributed by atoms with Gasteiger partial charge >= 0.3 is 5.97 Å². The van der Waals surface area contributed by atoms with E-state index in [-0.39, 0.29) is 5.97 Å².